The van der Waals surface area contributed by atoms with Crippen molar-refractivity contribution in [2.45, 2.75) is 46.1 Å². The molecule has 1 aromatic heterocycles. The van der Waals surface area contributed by atoms with Gasteiger partial charge in [0.2, 0.25) is 0 Å². The van der Waals surface area contributed by atoms with Crippen molar-refractivity contribution in [1.82, 2.24) is 10.3 Å². The highest BCUT2D eigenvalue weighted by Crippen LogP contribution is 2.22. The fraction of sp³-hybridized carbons (Fsp3) is 0.769. The van der Waals surface area contributed by atoms with E-state index in [9.17, 15) is 0 Å². The quantitative estimate of drug-likeness (QED) is 0.725. The maximum absolute atomic E-state index is 5.03. The van der Waals surface area contributed by atoms with Gasteiger partial charge in [-0.15, -0.1) is 11.3 Å². The van der Waals surface area contributed by atoms with Gasteiger partial charge in [-0.2, -0.15) is 0 Å². The van der Waals surface area contributed by atoms with Crippen LogP contribution in [0.5, 0.6) is 0 Å². The molecular weight excluding hydrogens is 232 g/mol. The first-order valence-electron chi connectivity index (χ1n) is 6.31. The molecule has 0 aliphatic rings. The zero-order valence-electron chi connectivity index (χ0n) is 11.4. The van der Waals surface area contributed by atoms with Crippen molar-refractivity contribution < 1.29 is 4.74 Å². The van der Waals surface area contributed by atoms with Gasteiger partial charge >= 0.3 is 0 Å². The molecule has 17 heavy (non-hydrogen) atoms. The SMILES string of the molecule is COCCCCCNC(C)c1nc(C)sc1C. The normalized spacial score (nSPS) is 12.9. The first-order valence-corrected chi connectivity index (χ1v) is 7.13. The van der Waals surface area contributed by atoms with Crippen molar-refractivity contribution >= 4 is 11.3 Å². The van der Waals surface area contributed by atoms with Gasteiger partial charge in [0, 0.05) is 24.6 Å². The molecule has 0 fully saturated rings. The molecule has 1 rings (SSSR count). The Hall–Kier alpha value is -0.450. The monoisotopic (exact) mass is 256 g/mol. The fourth-order valence-electron chi connectivity index (χ4n) is 1.91. The first kappa shape index (κ1) is 14.6. The van der Waals surface area contributed by atoms with Crippen LogP contribution in [0.4, 0.5) is 0 Å². The van der Waals surface area contributed by atoms with Crippen LogP contribution in [0.25, 0.3) is 0 Å². The molecule has 98 valence electrons. The molecule has 1 heterocycles. The molecule has 1 N–H and O–H groups in total. The number of nitrogens with one attached hydrogen (secondary N) is 1. The third-order valence-corrected chi connectivity index (χ3v) is 3.73. The van der Waals surface area contributed by atoms with Crippen LogP contribution in [-0.2, 0) is 4.74 Å². The number of nitrogens with zero attached hydrogens (tertiary/aromatic N) is 1. The molecule has 4 heteroatoms. The molecule has 1 unspecified atom stereocenters. The number of aromatic nitrogens is 1. The van der Waals surface area contributed by atoms with Crippen molar-refractivity contribution in [1.29, 1.82) is 0 Å². The Balaban J connectivity index is 2.21. The summed E-state index contributed by atoms with van der Waals surface area (Å²) in [5, 5.41) is 4.69. The maximum atomic E-state index is 5.03. The van der Waals surface area contributed by atoms with E-state index in [2.05, 4.69) is 31.1 Å². The van der Waals surface area contributed by atoms with Crippen LogP contribution in [-0.4, -0.2) is 25.2 Å². The van der Waals surface area contributed by atoms with Crippen LogP contribution in [0, 0.1) is 13.8 Å². The summed E-state index contributed by atoms with van der Waals surface area (Å²) in [6.45, 7) is 8.34. The number of ether oxygens (including phenoxy) is 1. The van der Waals surface area contributed by atoms with E-state index in [0.717, 1.165) is 24.6 Å². The second kappa shape index (κ2) is 7.80. The van der Waals surface area contributed by atoms with E-state index in [1.54, 1.807) is 18.4 Å². The topological polar surface area (TPSA) is 34.1 Å². The van der Waals surface area contributed by atoms with Crippen molar-refractivity contribution in [3.63, 3.8) is 0 Å². The molecule has 0 bridgehead atoms. The molecule has 0 saturated carbocycles. The van der Waals surface area contributed by atoms with Gasteiger partial charge in [0.15, 0.2) is 0 Å². The molecule has 0 spiro atoms. The van der Waals surface area contributed by atoms with E-state index in [-0.39, 0.29) is 0 Å². The first-order chi connectivity index (χ1) is 8.15. The van der Waals surface area contributed by atoms with Gasteiger partial charge in [0.05, 0.1) is 10.7 Å². The summed E-state index contributed by atoms with van der Waals surface area (Å²) < 4.78 is 5.03. The minimum Gasteiger partial charge on any atom is -0.385 e. The van der Waals surface area contributed by atoms with Crippen LogP contribution in [0.2, 0.25) is 0 Å². The molecule has 0 aromatic carbocycles. The smallest absolute Gasteiger partial charge is 0.0900 e. The molecule has 0 aliphatic heterocycles. The summed E-state index contributed by atoms with van der Waals surface area (Å²) >= 11 is 1.78. The van der Waals surface area contributed by atoms with E-state index in [0.29, 0.717) is 6.04 Å². The Kier molecular flexibility index (Phi) is 6.70. The number of hydrogen-bond acceptors (Lipinski definition) is 4. The molecule has 3 nitrogen and oxygen atoms in total. The molecule has 0 saturated heterocycles. The minimum atomic E-state index is 0.363. The molecule has 0 radical (unpaired) electrons. The van der Waals surface area contributed by atoms with E-state index in [4.69, 9.17) is 4.74 Å². The Morgan fingerprint density at radius 1 is 1.29 bits per heavy atom. The van der Waals surface area contributed by atoms with Crippen molar-refractivity contribution in [2.24, 2.45) is 0 Å². The zero-order chi connectivity index (χ0) is 12.7. The Labute approximate surface area is 109 Å². The second-order valence-electron chi connectivity index (χ2n) is 4.40. The predicted octanol–water partition coefficient (Wildman–Crippen LogP) is 3.23. The average Bonchev–Trinajstić information content (AvgIpc) is 2.62. The average molecular weight is 256 g/mol. The third-order valence-electron chi connectivity index (χ3n) is 2.83. The van der Waals surface area contributed by atoms with Gasteiger partial charge in [0.25, 0.3) is 0 Å². The fourth-order valence-corrected chi connectivity index (χ4v) is 2.82. The molecule has 1 atom stereocenters. The summed E-state index contributed by atoms with van der Waals surface area (Å²) in [6, 6.07) is 0.363. The van der Waals surface area contributed by atoms with E-state index >= 15 is 0 Å². The van der Waals surface area contributed by atoms with Gasteiger partial charge in [-0.3, -0.25) is 0 Å². The zero-order valence-corrected chi connectivity index (χ0v) is 12.2. The van der Waals surface area contributed by atoms with Crippen LogP contribution < -0.4 is 5.32 Å². The lowest BCUT2D eigenvalue weighted by Gasteiger charge is -2.12. The van der Waals surface area contributed by atoms with Gasteiger partial charge < -0.3 is 10.1 Å². The summed E-state index contributed by atoms with van der Waals surface area (Å²) in [6.07, 6.45) is 3.58. The molecule has 1 aromatic rings. The highest BCUT2D eigenvalue weighted by Gasteiger charge is 2.11. The Morgan fingerprint density at radius 2 is 2.06 bits per heavy atom. The van der Waals surface area contributed by atoms with Crippen molar-refractivity contribution in [3.05, 3.63) is 15.6 Å². The predicted molar refractivity (Wildman–Crippen MR) is 73.7 cm³/mol. The lowest BCUT2D eigenvalue weighted by atomic mass is 10.2. The second-order valence-corrected chi connectivity index (χ2v) is 5.81. The lowest BCUT2D eigenvalue weighted by Crippen LogP contribution is -2.20. The summed E-state index contributed by atoms with van der Waals surface area (Å²) in [7, 11) is 1.76. The van der Waals surface area contributed by atoms with Gasteiger partial charge in [-0.05, 0) is 46.6 Å². The van der Waals surface area contributed by atoms with E-state index in [1.165, 1.54) is 23.4 Å². The van der Waals surface area contributed by atoms with E-state index < -0.39 is 0 Å². The van der Waals surface area contributed by atoms with Gasteiger partial charge in [-0.25, -0.2) is 4.98 Å². The van der Waals surface area contributed by atoms with Crippen LogP contribution >= 0.6 is 11.3 Å². The number of thiazole rings is 1. The number of rotatable bonds is 8. The third kappa shape index (κ3) is 5.15. The Bertz CT molecular complexity index is 325. The number of methoxy groups -OCH3 is 1. The van der Waals surface area contributed by atoms with Crippen LogP contribution in [0.15, 0.2) is 0 Å². The highest BCUT2D eigenvalue weighted by molar-refractivity contribution is 7.11. The van der Waals surface area contributed by atoms with Gasteiger partial charge in [0.1, 0.15) is 0 Å². The van der Waals surface area contributed by atoms with Crippen molar-refractivity contribution in [3.8, 4) is 0 Å². The summed E-state index contributed by atoms with van der Waals surface area (Å²) in [5.74, 6) is 0. The van der Waals surface area contributed by atoms with Crippen molar-refractivity contribution in [2.75, 3.05) is 20.3 Å². The summed E-state index contributed by atoms with van der Waals surface area (Å²) in [4.78, 5) is 5.91. The lowest BCUT2D eigenvalue weighted by molar-refractivity contribution is 0.192. The van der Waals surface area contributed by atoms with Crippen LogP contribution in [0.1, 0.15) is 47.8 Å². The molecule has 0 aliphatic carbocycles. The number of unbranched alkanes of at least 4 members (excludes halogenated alkanes) is 2. The Morgan fingerprint density at radius 3 is 2.65 bits per heavy atom. The van der Waals surface area contributed by atoms with Crippen LogP contribution in [0.3, 0.4) is 0 Å². The summed E-state index contributed by atoms with van der Waals surface area (Å²) in [5.41, 5.74) is 1.21. The largest absolute Gasteiger partial charge is 0.385 e. The maximum Gasteiger partial charge on any atom is 0.0900 e. The minimum absolute atomic E-state index is 0.363. The standard InChI is InChI=1S/C13H24N2OS/c1-10(13-11(2)17-12(3)15-13)14-8-6-5-7-9-16-4/h10,14H,5-9H2,1-4H3. The number of hydrogen-bond donors (Lipinski definition) is 1. The van der Waals surface area contributed by atoms with E-state index in [1.807, 2.05) is 0 Å². The molecule has 0 amide bonds. The highest BCUT2D eigenvalue weighted by atomic mass is 32.1. The molecular formula is C13H24N2OS. The van der Waals surface area contributed by atoms with Gasteiger partial charge in [-0.1, -0.05) is 0 Å². The number of aryl methyl sites for hydroxylation is 2.